The Labute approximate surface area is 124 Å². The van der Waals surface area contributed by atoms with Gasteiger partial charge in [-0.25, -0.2) is 0 Å². The van der Waals surface area contributed by atoms with Crippen LogP contribution in [0, 0.1) is 0 Å². The van der Waals surface area contributed by atoms with Crippen molar-refractivity contribution in [3.8, 4) is 0 Å². The highest BCUT2D eigenvalue weighted by Gasteiger charge is 2.08. The molecule has 0 fully saturated rings. The minimum absolute atomic E-state index is 1.12. The fourth-order valence-electron chi connectivity index (χ4n) is 2.16. The van der Waals surface area contributed by atoms with Crippen LogP contribution in [0.4, 0.5) is 0 Å². The van der Waals surface area contributed by atoms with Gasteiger partial charge in [-0.05, 0) is 36.4 Å². The molecule has 0 unspecified atom stereocenters. The van der Waals surface area contributed by atoms with E-state index in [4.69, 9.17) is 0 Å². The van der Waals surface area contributed by atoms with Crippen LogP contribution in [0.3, 0.4) is 0 Å². The van der Waals surface area contributed by atoms with Gasteiger partial charge >= 0.3 is 0 Å². The van der Waals surface area contributed by atoms with Crippen molar-refractivity contribution >= 4 is 53.7 Å². The number of hydrogen-bond donors (Lipinski definition) is 0. The number of halogens is 2. The van der Waals surface area contributed by atoms with E-state index in [0.29, 0.717) is 0 Å². The van der Waals surface area contributed by atoms with Gasteiger partial charge in [0, 0.05) is 37.8 Å². The third-order valence-electron chi connectivity index (χ3n) is 2.93. The average Bonchev–Trinajstić information content (AvgIpc) is 2.65. The molecule has 0 aliphatic carbocycles. The number of aryl methyl sites for hydroxylation is 1. The van der Waals surface area contributed by atoms with Crippen molar-refractivity contribution in [3.63, 3.8) is 0 Å². The molecule has 1 nitrogen and oxygen atoms in total. The first kappa shape index (κ1) is 13.6. The lowest BCUT2D eigenvalue weighted by Crippen LogP contribution is -1.85. The van der Waals surface area contributed by atoms with Crippen LogP contribution in [0.25, 0.3) is 21.8 Å². The normalized spacial score (nSPS) is 10.5. The van der Waals surface area contributed by atoms with Crippen LogP contribution in [0.1, 0.15) is 13.8 Å². The van der Waals surface area contributed by atoms with Gasteiger partial charge in [0.2, 0.25) is 0 Å². The van der Waals surface area contributed by atoms with Gasteiger partial charge in [0.05, 0.1) is 0 Å². The lowest BCUT2D eigenvalue weighted by molar-refractivity contribution is 1.01. The fourth-order valence-corrected chi connectivity index (χ4v) is 2.88. The molecule has 0 spiro atoms. The van der Waals surface area contributed by atoms with Crippen LogP contribution in [-0.4, -0.2) is 4.57 Å². The molecule has 0 atom stereocenters. The van der Waals surface area contributed by atoms with E-state index in [9.17, 15) is 0 Å². The highest BCUT2D eigenvalue weighted by molar-refractivity contribution is 9.10. The second-order valence-corrected chi connectivity index (χ2v) is 5.71. The number of fused-ring (bicyclic) bond motifs is 3. The maximum absolute atomic E-state index is 3.52. The summed E-state index contributed by atoms with van der Waals surface area (Å²) in [6.45, 7) is 4.00. The van der Waals surface area contributed by atoms with Gasteiger partial charge in [0.1, 0.15) is 0 Å². The maximum Gasteiger partial charge on any atom is 0.0489 e. The summed E-state index contributed by atoms with van der Waals surface area (Å²) in [6, 6.07) is 12.8. The van der Waals surface area contributed by atoms with E-state index >= 15 is 0 Å². The molecule has 0 aliphatic heterocycles. The lowest BCUT2D eigenvalue weighted by atomic mass is 10.2. The smallest absolute Gasteiger partial charge is 0.0489 e. The molecule has 0 N–H and O–H groups in total. The molecule has 3 rings (SSSR count). The molecular formula is C15H15Br2N. The van der Waals surface area contributed by atoms with E-state index in [-0.39, 0.29) is 0 Å². The molecule has 18 heavy (non-hydrogen) atoms. The van der Waals surface area contributed by atoms with Crippen molar-refractivity contribution < 1.29 is 0 Å². The quantitative estimate of drug-likeness (QED) is 0.466. The van der Waals surface area contributed by atoms with Gasteiger partial charge < -0.3 is 4.57 Å². The van der Waals surface area contributed by atoms with Crippen LogP contribution in [0.5, 0.6) is 0 Å². The zero-order valence-corrected chi connectivity index (χ0v) is 13.8. The van der Waals surface area contributed by atoms with E-state index in [0.717, 1.165) is 8.95 Å². The van der Waals surface area contributed by atoms with E-state index in [1.807, 2.05) is 13.8 Å². The minimum Gasteiger partial charge on any atom is -0.344 e. The van der Waals surface area contributed by atoms with Crippen molar-refractivity contribution in [3.05, 3.63) is 45.3 Å². The lowest BCUT2D eigenvalue weighted by Gasteiger charge is -1.97. The number of aromatic nitrogens is 1. The third-order valence-corrected chi connectivity index (χ3v) is 3.92. The first-order valence-corrected chi connectivity index (χ1v) is 7.58. The summed E-state index contributed by atoms with van der Waals surface area (Å²) in [5.41, 5.74) is 2.52. The standard InChI is InChI=1S/C13H9Br2N.C2H6/c1-16-12-4-2-8(14)6-10(12)11-7-9(15)3-5-13(11)16;1-2/h2-7H,1H3;1-2H3. The minimum atomic E-state index is 1.12. The van der Waals surface area contributed by atoms with Crippen molar-refractivity contribution in [2.24, 2.45) is 7.05 Å². The fraction of sp³-hybridized carbons (Fsp3) is 0.200. The zero-order valence-electron chi connectivity index (χ0n) is 10.7. The Morgan fingerprint density at radius 1 is 0.778 bits per heavy atom. The third kappa shape index (κ3) is 2.21. The largest absolute Gasteiger partial charge is 0.344 e. The van der Waals surface area contributed by atoms with E-state index < -0.39 is 0 Å². The zero-order chi connectivity index (χ0) is 13.3. The molecule has 3 heteroatoms. The Morgan fingerprint density at radius 2 is 1.17 bits per heavy atom. The first-order chi connectivity index (χ1) is 8.66. The summed E-state index contributed by atoms with van der Waals surface area (Å²) >= 11 is 7.05. The van der Waals surface area contributed by atoms with E-state index in [1.165, 1.54) is 21.8 Å². The first-order valence-electron chi connectivity index (χ1n) is 6.00. The molecule has 94 valence electrons. The summed E-state index contributed by atoms with van der Waals surface area (Å²) < 4.78 is 4.46. The Kier molecular flexibility index (Phi) is 4.13. The Bertz CT molecular complexity index is 639. The predicted octanol–water partition coefficient (Wildman–Crippen LogP) is 5.88. The van der Waals surface area contributed by atoms with Gasteiger partial charge in [-0.1, -0.05) is 45.7 Å². The van der Waals surface area contributed by atoms with Crippen LogP contribution in [0.2, 0.25) is 0 Å². The molecule has 1 aromatic heterocycles. The van der Waals surface area contributed by atoms with E-state index in [2.05, 4.69) is 79.9 Å². The average molecular weight is 369 g/mol. The van der Waals surface area contributed by atoms with Gasteiger partial charge in [-0.3, -0.25) is 0 Å². The van der Waals surface area contributed by atoms with Gasteiger partial charge in [0.15, 0.2) is 0 Å². The molecule has 3 aromatic rings. The van der Waals surface area contributed by atoms with Crippen molar-refractivity contribution in [2.75, 3.05) is 0 Å². The van der Waals surface area contributed by atoms with Crippen molar-refractivity contribution in [2.45, 2.75) is 13.8 Å². The Balaban J connectivity index is 0.000000574. The van der Waals surface area contributed by atoms with Crippen molar-refractivity contribution in [1.82, 2.24) is 4.57 Å². The molecule has 0 amide bonds. The Hall–Kier alpha value is -0.800. The number of hydrogen-bond acceptors (Lipinski definition) is 0. The van der Waals surface area contributed by atoms with Crippen LogP contribution in [-0.2, 0) is 7.05 Å². The van der Waals surface area contributed by atoms with Crippen LogP contribution < -0.4 is 0 Å². The molecule has 0 bridgehead atoms. The molecule has 0 aliphatic rings. The highest BCUT2D eigenvalue weighted by atomic mass is 79.9. The topological polar surface area (TPSA) is 4.93 Å². The number of benzene rings is 2. The molecule has 2 aromatic carbocycles. The summed E-state index contributed by atoms with van der Waals surface area (Å²) in [6.07, 6.45) is 0. The van der Waals surface area contributed by atoms with Crippen LogP contribution in [0.15, 0.2) is 45.3 Å². The van der Waals surface area contributed by atoms with Crippen molar-refractivity contribution in [1.29, 1.82) is 0 Å². The number of rotatable bonds is 0. The maximum atomic E-state index is 3.52. The van der Waals surface area contributed by atoms with Gasteiger partial charge in [-0.2, -0.15) is 0 Å². The Morgan fingerprint density at radius 3 is 1.56 bits per heavy atom. The summed E-state index contributed by atoms with van der Waals surface area (Å²) in [5, 5.41) is 2.57. The molecule has 0 radical (unpaired) electrons. The van der Waals surface area contributed by atoms with E-state index in [1.54, 1.807) is 0 Å². The van der Waals surface area contributed by atoms with Crippen LogP contribution >= 0.6 is 31.9 Å². The number of nitrogens with zero attached hydrogens (tertiary/aromatic N) is 1. The summed E-state index contributed by atoms with van der Waals surface area (Å²) in [5.74, 6) is 0. The predicted molar refractivity (Wildman–Crippen MR) is 87.2 cm³/mol. The second-order valence-electron chi connectivity index (χ2n) is 3.88. The molecule has 0 saturated carbocycles. The molecule has 0 saturated heterocycles. The molecular weight excluding hydrogens is 354 g/mol. The monoisotopic (exact) mass is 367 g/mol. The second kappa shape index (κ2) is 5.45. The van der Waals surface area contributed by atoms with Gasteiger partial charge in [0.25, 0.3) is 0 Å². The SMILES string of the molecule is CC.Cn1c2ccc(Br)cc2c2cc(Br)ccc21. The highest BCUT2D eigenvalue weighted by Crippen LogP contribution is 2.31. The van der Waals surface area contributed by atoms with Gasteiger partial charge in [-0.15, -0.1) is 0 Å². The summed E-state index contributed by atoms with van der Waals surface area (Å²) in [7, 11) is 2.10. The summed E-state index contributed by atoms with van der Waals surface area (Å²) in [4.78, 5) is 0. The molecule has 1 heterocycles.